The second-order valence-corrected chi connectivity index (χ2v) is 9.70. The van der Waals surface area contributed by atoms with E-state index in [9.17, 15) is 13.2 Å². The molecule has 0 spiro atoms. The first kappa shape index (κ1) is 15.8. The predicted molar refractivity (Wildman–Crippen MR) is 95.1 cm³/mol. The average Bonchev–Trinajstić information content (AvgIpc) is 3.13. The summed E-state index contributed by atoms with van der Waals surface area (Å²) in [5, 5.41) is 2.56. The Morgan fingerprint density at radius 3 is 2.83 bits per heavy atom. The molecule has 126 valence electrons. The Balaban J connectivity index is 1.70. The zero-order valence-electron chi connectivity index (χ0n) is 13.5. The van der Waals surface area contributed by atoms with Crippen molar-refractivity contribution in [1.29, 1.82) is 0 Å². The van der Waals surface area contributed by atoms with E-state index in [1.54, 1.807) is 4.90 Å². The number of hydrogen-bond acceptors (Lipinski definition) is 5. The summed E-state index contributed by atoms with van der Waals surface area (Å²) >= 11 is 1.41. The summed E-state index contributed by atoms with van der Waals surface area (Å²) in [7, 11) is -3.04. The van der Waals surface area contributed by atoms with Gasteiger partial charge in [0.25, 0.3) is 0 Å². The van der Waals surface area contributed by atoms with Crippen molar-refractivity contribution < 1.29 is 13.2 Å². The summed E-state index contributed by atoms with van der Waals surface area (Å²) in [5.74, 6) is 0.0778. The number of fused-ring (bicyclic) bond motifs is 1. The number of carbonyl (C=O) groups excluding carboxylic acids is 1. The number of hydrogen-bond donors (Lipinski definition) is 0. The Kier molecular flexibility index (Phi) is 3.54. The standard InChI is InChI=1S/C17H18N2O3S2/c1-10-3-4-11(2)13(5-10)14-7-23-17(18-14)19-15-9-24(21,22)8-12(15)6-16(19)20/h3-5,7,12,15H,6,8-9H2,1-2H3/t12-,15-/m1/s1. The highest BCUT2D eigenvalue weighted by Gasteiger charge is 2.50. The van der Waals surface area contributed by atoms with Crippen molar-refractivity contribution >= 4 is 32.2 Å². The summed E-state index contributed by atoms with van der Waals surface area (Å²) in [5.41, 5.74) is 4.18. The normalized spacial score (nSPS) is 25.2. The number of aryl methyl sites for hydroxylation is 2. The van der Waals surface area contributed by atoms with Crippen LogP contribution in [0.3, 0.4) is 0 Å². The predicted octanol–water partition coefficient (Wildman–Crippen LogP) is 2.58. The SMILES string of the molecule is Cc1ccc(C)c(-c2csc(N3C(=O)C[C@@H]4CS(=O)(=O)C[C@H]43)n2)c1. The molecule has 2 aliphatic rings. The maximum atomic E-state index is 12.4. The van der Waals surface area contributed by atoms with Gasteiger partial charge in [-0.1, -0.05) is 17.7 Å². The highest BCUT2D eigenvalue weighted by atomic mass is 32.2. The molecule has 2 aliphatic heterocycles. The zero-order valence-corrected chi connectivity index (χ0v) is 15.2. The fourth-order valence-electron chi connectivity index (χ4n) is 3.65. The van der Waals surface area contributed by atoms with Gasteiger partial charge in [-0.15, -0.1) is 11.3 Å². The molecule has 0 saturated carbocycles. The maximum Gasteiger partial charge on any atom is 0.229 e. The van der Waals surface area contributed by atoms with E-state index in [2.05, 4.69) is 23.2 Å². The molecule has 0 aliphatic carbocycles. The van der Waals surface area contributed by atoms with E-state index in [0.717, 1.165) is 22.4 Å². The molecule has 24 heavy (non-hydrogen) atoms. The molecule has 2 aromatic rings. The van der Waals surface area contributed by atoms with Crippen LogP contribution in [0.5, 0.6) is 0 Å². The molecule has 1 aromatic carbocycles. The molecule has 1 aromatic heterocycles. The van der Waals surface area contributed by atoms with Crippen molar-refractivity contribution in [2.24, 2.45) is 5.92 Å². The monoisotopic (exact) mass is 362 g/mol. The number of benzene rings is 1. The molecule has 2 saturated heterocycles. The highest BCUT2D eigenvalue weighted by molar-refractivity contribution is 7.91. The number of nitrogens with zero attached hydrogens (tertiary/aromatic N) is 2. The molecule has 5 nitrogen and oxygen atoms in total. The van der Waals surface area contributed by atoms with Crippen LogP contribution in [0.1, 0.15) is 17.5 Å². The number of rotatable bonds is 2. The molecular weight excluding hydrogens is 344 g/mol. The summed E-state index contributed by atoms with van der Waals surface area (Å²) in [6, 6.07) is 5.96. The van der Waals surface area contributed by atoms with Gasteiger partial charge in [0, 0.05) is 23.3 Å². The Labute approximate surface area is 145 Å². The van der Waals surface area contributed by atoms with Gasteiger partial charge < -0.3 is 0 Å². The van der Waals surface area contributed by atoms with Gasteiger partial charge in [0.1, 0.15) is 0 Å². The summed E-state index contributed by atoms with van der Waals surface area (Å²) < 4.78 is 23.8. The van der Waals surface area contributed by atoms with Crippen molar-refractivity contribution in [3.63, 3.8) is 0 Å². The second-order valence-electron chi connectivity index (χ2n) is 6.71. The van der Waals surface area contributed by atoms with Crippen molar-refractivity contribution in [3.05, 3.63) is 34.7 Å². The molecule has 0 N–H and O–H groups in total. The minimum atomic E-state index is -3.04. The maximum absolute atomic E-state index is 12.4. The van der Waals surface area contributed by atoms with Gasteiger partial charge in [0.2, 0.25) is 5.91 Å². The molecule has 1 amide bonds. The topological polar surface area (TPSA) is 67.3 Å². The van der Waals surface area contributed by atoms with Crippen molar-refractivity contribution in [3.8, 4) is 11.3 Å². The summed E-state index contributed by atoms with van der Waals surface area (Å²) in [4.78, 5) is 18.6. The molecule has 0 bridgehead atoms. The zero-order chi connectivity index (χ0) is 17.1. The molecule has 2 atom stereocenters. The third-order valence-electron chi connectivity index (χ3n) is 4.84. The van der Waals surface area contributed by atoms with Crippen LogP contribution in [-0.4, -0.2) is 36.9 Å². The summed E-state index contributed by atoms with van der Waals surface area (Å²) in [6.45, 7) is 4.07. The van der Waals surface area contributed by atoms with Crippen LogP contribution < -0.4 is 4.90 Å². The molecule has 7 heteroatoms. The Bertz CT molecular complexity index is 933. The van der Waals surface area contributed by atoms with E-state index >= 15 is 0 Å². The van der Waals surface area contributed by atoms with Crippen LogP contribution in [0.4, 0.5) is 5.13 Å². The lowest BCUT2D eigenvalue weighted by Crippen LogP contribution is -2.36. The first-order valence-electron chi connectivity index (χ1n) is 7.90. The van der Waals surface area contributed by atoms with E-state index in [1.807, 2.05) is 19.2 Å². The van der Waals surface area contributed by atoms with Gasteiger partial charge >= 0.3 is 0 Å². The number of aromatic nitrogens is 1. The van der Waals surface area contributed by atoms with Crippen LogP contribution in [-0.2, 0) is 14.6 Å². The van der Waals surface area contributed by atoms with Gasteiger partial charge in [-0.05, 0) is 25.5 Å². The fraction of sp³-hybridized carbons (Fsp3) is 0.412. The number of amides is 1. The minimum absolute atomic E-state index is 0.0123. The van der Waals surface area contributed by atoms with Crippen molar-refractivity contribution in [2.45, 2.75) is 26.3 Å². The van der Waals surface area contributed by atoms with E-state index in [0.29, 0.717) is 11.6 Å². The third kappa shape index (κ3) is 2.56. The van der Waals surface area contributed by atoms with Crippen LogP contribution in [0.15, 0.2) is 23.6 Å². The molecule has 4 rings (SSSR count). The lowest BCUT2D eigenvalue weighted by molar-refractivity contribution is -0.117. The third-order valence-corrected chi connectivity index (χ3v) is 7.47. The quantitative estimate of drug-likeness (QED) is 0.823. The second kappa shape index (κ2) is 5.39. The highest BCUT2D eigenvalue weighted by Crippen LogP contribution is 2.39. The Morgan fingerprint density at radius 1 is 1.25 bits per heavy atom. The minimum Gasteiger partial charge on any atom is -0.284 e. The van der Waals surface area contributed by atoms with E-state index < -0.39 is 9.84 Å². The lowest BCUT2D eigenvalue weighted by Gasteiger charge is -2.19. The Morgan fingerprint density at radius 2 is 2.04 bits per heavy atom. The van der Waals surface area contributed by atoms with Gasteiger partial charge in [-0.3, -0.25) is 9.69 Å². The number of sulfone groups is 1. The van der Waals surface area contributed by atoms with Crippen LogP contribution in [0, 0.1) is 19.8 Å². The number of carbonyl (C=O) groups is 1. The molecule has 2 fully saturated rings. The van der Waals surface area contributed by atoms with Gasteiger partial charge in [0.05, 0.1) is 23.2 Å². The molecular formula is C17H18N2O3S2. The van der Waals surface area contributed by atoms with Crippen molar-refractivity contribution in [1.82, 2.24) is 4.98 Å². The van der Waals surface area contributed by atoms with Crippen LogP contribution >= 0.6 is 11.3 Å². The van der Waals surface area contributed by atoms with E-state index in [-0.39, 0.29) is 29.4 Å². The Hall–Kier alpha value is -1.73. The lowest BCUT2D eigenvalue weighted by atomic mass is 10.0. The first-order valence-corrected chi connectivity index (χ1v) is 10.6. The van der Waals surface area contributed by atoms with E-state index in [1.165, 1.54) is 11.3 Å². The molecule has 0 radical (unpaired) electrons. The van der Waals surface area contributed by atoms with Gasteiger partial charge in [-0.2, -0.15) is 0 Å². The van der Waals surface area contributed by atoms with Crippen molar-refractivity contribution in [2.75, 3.05) is 16.4 Å². The smallest absolute Gasteiger partial charge is 0.229 e. The number of thiazole rings is 1. The average molecular weight is 362 g/mol. The summed E-state index contributed by atoms with van der Waals surface area (Å²) in [6.07, 6.45) is 0.308. The van der Waals surface area contributed by atoms with Crippen LogP contribution in [0.25, 0.3) is 11.3 Å². The van der Waals surface area contributed by atoms with Gasteiger partial charge in [-0.25, -0.2) is 13.4 Å². The first-order chi connectivity index (χ1) is 11.3. The molecule has 3 heterocycles. The molecule has 0 unspecified atom stereocenters. The van der Waals surface area contributed by atoms with Gasteiger partial charge in [0.15, 0.2) is 15.0 Å². The fourth-order valence-corrected chi connectivity index (χ4v) is 6.62. The largest absolute Gasteiger partial charge is 0.284 e. The number of anilines is 1. The van der Waals surface area contributed by atoms with Crippen LogP contribution in [0.2, 0.25) is 0 Å². The van der Waals surface area contributed by atoms with E-state index in [4.69, 9.17) is 0 Å².